The first kappa shape index (κ1) is 13.0. The Labute approximate surface area is 96.8 Å². The molecule has 0 heterocycles. The van der Waals surface area contributed by atoms with Crippen molar-refractivity contribution in [2.75, 3.05) is 13.2 Å². The van der Waals surface area contributed by atoms with Crippen LogP contribution in [0.4, 0.5) is 4.39 Å². The van der Waals surface area contributed by atoms with Crippen LogP contribution in [0, 0.1) is 5.82 Å². The quantitative estimate of drug-likeness (QED) is 0.720. The molecule has 0 aromatic heterocycles. The molecule has 16 heavy (non-hydrogen) atoms. The third-order valence-electron chi connectivity index (χ3n) is 2.41. The summed E-state index contributed by atoms with van der Waals surface area (Å²) in [7, 11) is 0. The van der Waals surface area contributed by atoms with E-state index in [0.29, 0.717) is 18.4 Å². The summed E-state index contributed by atoms with van der Waals surface area (Å²) in [6.45, 7) is 5.55. The predicted molar refractivity (Wildman–Crippen MR) is 64.3 cm³/mol. The summed E-state index contributed by atoms with van der Waals surface area (Å²) in [6, 6.07) is 6.97. The van der Waals surface area contributed by atoms with E-state index >= 15 is 0 Å². The summed E-state index contributed by atoms with van der Waals surface area (Å²) in [5.41, 5.74) is 0. The van der Waals surface area contributed by atoms with Gasteiger partial charge in [-0.1, -0.05) is 25.5 Å². The lowest BCUT2D eigenvalue weighted by Crippen LogP contribution is -2.30. The topological polar surface area (TPSA) is 21.3 Å². The second kappa shape index (κ2) is 7.23. The van der Waals surface area contributed by atoms with E-state index in [0.717, 1.165) is 13.0 Å². The molecule has 1 atom stereocenters. The van der Waals surface area contributed by atoms with Gasteiger partial charge in [-0.25, -0.2) is 4.39 Å². The fraction of sp³-hybridized carbons (Fsp3) is 0.538. The van der Waals surface area contributed by atoms with E-state index in [1.54, 1.807) is 18.2 Å². The van der Waals surface area contributed by atoms with E-state index in [1.165, 1.54) is 12.5 Å². The van der Waals surface area contributed by atoms with Crippen LogP contribution in [0.25, 0.3) is 0 Å². The number of benzene rings is 1. The lowest BCUT2D eigenvalue weighted by Gasteiger charge is -2.13. The predicted octanol–water partition coefficient (Wildman–Crippen LogP) is 2.98. The fourth-order valence-corrected chi connectivity index (χ4v) is 1.56. The molecule has 0 aliphatic carbocycles. The van der Waals surface area contributed by atoms with E-state index in [2.05, 4.69) is 19.2 Å². The maximum Gasteiger partial charge on any atom is 0.165 e. The average molecular weight is 225 g/mol. The highest BCUT2D eigenvalue weighted by atomic mass is 19.1. The SMILES string of the molecule is CCCC(C)NCCOc1ccccc1F. The van der Waals surface area contributed by atoms with Crippen molar-refractivity contribution in [3.63, 3.8) is 0 Å². The van der Waals surface area contributed by atoms with Gasteiger partial charge >= 0.3 is 0 Å². The molecule has 1 aromatic carbocycles. The van der Waals surface area contributed by atoms with Crippen molar-refractivity contribution < 1.29 is 9.13 Å². The van der Waals surface area contributed by atoms with Gasteiger partial charge in [-0.15, -0.1) is 0 Å². The van der Waals surface area contributed by atoms with Crippen LogP contribution in [0.5, 0.6) is 5.75 Å². The maximum absolute atomic E-state index is 13.2. The molecular weight excluding hydrogens is 205 g/mol. The molecule has 0 aliphatic rings. The first-order chi connectivity index (χ1) is 7.74. The van der Waals surface area contributed by atoms with Crippen LogP contribution >= 0.6 is 0 Å². The minimum absolute atomic E-state index is 0.302. The van der Waals surface area contributed by atoms with Crippen LogP contribution in [-0.4, -0.2) is 19.2 Å². The number of rotatable bonds is 7. The summed E-state index contributed by atoms with van der Waals surface area (Å²) in [5.74, 6) is 0.0246. The van der Waals surface area contributed by atoms with Crippen molar-refractivity contribution in [2.45, 2.75) is 32.7 Å². The second-order valence-electron chi connectivity index (χ2n) is 3.92. The van der Waals surface area contributed by atoms with Crippen LogP contribution in [0.15, 0.2) is 24.3 Å². The summed E-state index contributed by atoms with van der Waals surface area (Å²) in [5, 5.41) is 3.33. The van der Waals surface area contributed by atoms with Crippen molar-refractivity contribution >= 4 is 0 Å². The molecule has 1 unspecified atom stereocenters. The molecular formula is C13H20FNO. The fourth-order valence-electron chi connectivity index (χ4n) is 1.56. The molecule has 0 spiro atoms. The Hall–Kier alpha value is -1.09. The third-order valence-corrected chi connectivity index (χ3v) is 2.41. The van der Waals surface area contributed by atoms with Crippen molar-refractivity contribution in [1.29, 1.82) is 0 Å². The summed E-state index contributed by atoms with van der Waals surface area (Å²) >= 11 is 0. The average Bonchev–Trinajstić information content (AvgIpc) is 2.27. The van der Waals surface area contributed by atoms with E-state index in [9.17, 15) is 4.39 Å². The highest BCUT2D eigenvalue weighted by Gasteiger charge is 2.02. The zero-order valence-electron chi connectivity index (χ0n) is 10.0. The van der Waals surface area contributed by atoms with E-state index < -0.39 is 0 Å². The number of halogens is 1. The Kier molecular flexibility index (Phi) is 5.86. The van der Waals surface area contributed by atoms with Gasteiger partial charge in [0.1, 0.15) is 6.61 Å². The van der Waals surface area contributed by atoms with Crippen LogP contribution in [0.1, 0.15) is 26.7 Å². The Morgan fingerprint density at radius 3 is 2.81 bits per heavy atom. The zero-order chi connectivity index (χ0) is 11.8. The normalized spacial score (nSPS) is 12.4. The monoisotopic (exact) mass is 225 g/mol. The molecule has 0 amide bonds. The summed E-state index contributed by atoms with van der Waals surface area (Å²) < 4.78 is 18.5. The molecule has 2 nitrogen and oxygen atoms in total. The highest BCUT2D eigenvalue weighted by molar-refractivity contribution is 5.23. The maximum atomic E-state index is 13.2. The molecule has 0 saturated heterocycles. The molecule has 0 aliphatic heterocycles. The van der Waals surface area contributed by atoms with Crippen LogP contribution in [0.3, 0.4) is 0 Å². The van der Waals surface area contributed by atoms with Crippen molar-refractivity contribution in [3.8, 4) is 5.75 Å². The first-order valence-electron chi connectivity index (χ1n) is 5.84. The molecule has 0 bridgehead atoms. The largest absolute Gasteiger partial charge is 0.489 e. The van der Waals surface area contributed by atoms with Gasteiger partial charge in [-0.3, -0.25) is 0 Å². The molecule has 1 N–H and O–H groups in total. The van der Waals surface area contributed by atoms with Gasteiger partial charge in [0.15, 0.2) is 11.6 Å². The Balaban J connectivity index is 2.19. The lowest BCUT2D eigenvalue weighted by atomic mass is 10.2. The van der Waals surface area contributed by atoms with Crippen molar-refractivity contribution in [3.05, 3.63) is 30.1 Å². The second-order valence-corrected chi connectivity index (χ2v) is 3.92. The van der Waals surface area contributed by atoms with Gasteiger partial charge in [0.05, 0.1) is 0 Å². The van der Waals surface area contributed by atoms with E-state index in [-0.39, 0.29) is 5.82 Å². The van der Waals surface area contributed by atoms with Gasteiger partial charge in [-0.2, -0.15) is 0 Å². The van der Waals surface area contributed by atoms with Crippen molar-refractivity contribution in [1.82, 2.24) is 5.32 Å². The smallest absolute Gasteiger partial charge is 0.165 e. The third kappa shape index (κ3) is 4.62. The number of para-hydroxylation sites is 1. The Morgan fingerprint density at radius 2 is 2.12 bits per heavy atom. The minimum Gasteiger partial charge on any atom is -0.489 e. The van der Waals surface area contributed by atoms with Crippen LogP contribution in [-0.2, 0) is 0 Å². The van der Waals surface area contributed by atoms with Crippen LogP contribution in [0.2, 0.25) is 0 Å². The number of hydrogen-bond donors (Lipinski definition) is 1. The van der Waals surface area contributed by atoms with Gasteiger partial charge in [0, 0.05) is 12.6 Å². The van der Waals surface area contributed by atoms with Crippen molar-refractivity contribution in [2.24, 2.45) is 0 Å². The molecule has 90 valence electrons. The highest BCUT2D eigenvalue weighted by Crippen LogP contribution is 2.14. The lowest BCUT2D eigenvalue weighted by molar-refractivity contribution is 0.291. The molecule has 0 fully saturated rings. The van der Waals surface area contributed by atoms with E-state index in [1.807, 2.05) is 0 Å². The first-order valence-corrected chi connectivity index (χ1v) is 5.84. The van der Waals surface area contributed by atoms with E-state index in [4.69, 9.17) is 4.74 Å². The summed E-state index contributed by atoms with van der Waals surface area (Å²) in [6.07, 6.45) is 2.32. The van der Waals surface area contributed by atoms with Gasteiger partial charge in [0.2, 0.25) is 0 Å². The molecule has 3 heteroatoms. The van der Waals surface area contributed by atoms with Crippen LogP contribution < -0.4 is 10.1 Å². The minimum atomic E-state index is -0.302. The van der Waals surface area contributed by atoms with Gasteiger partial charge < -0.3 is 10.1 Å². The molecule has 0 saturated carbocycles. The van der Waals surface area contributed by atoms with Gasteiger partial charge in [0.25, 0.3) is 0 Å². The Morgan fingerprint density at radius 1 is 1.38 bits per heavy atom. The molecule has 1 rings (SSSR count). The molecule has 1 aromatic rings. The standard InChI is InChI=1S/C13H20FNO/c1-3-6-11(2)15-9-10-16-13-8-5-4-7-12(13)14/h4-5,7-8,11,15H,3,6,9-10H2,1-2H3. The summed E-state index contributed by atoms with van der Waals surface area (Å²) in [4.78, 5) is 0. The Bertz CT molecular complexity index is 304. The van der Waals surface area contributed by atoms with Gasteiger partial charge in [-0.05, 0) is 25.5 Å². The number of ether oxygens (including phenoxy) is 1. The zero-order valence-corrected chi connectivity index (χ0v) is 10.0. The molecule has 0 radical (unpaired) electrons. The number of nitrogens with one attached hydrogen (secondary N) is 1. The number of hydrogen-bond acceptors (Lipinski definition) is 2.